The van der Waals surface area contributed by atoms with E-state index in [1.165, 1.54) is 34.4 Å². The number of halogens is 1. The van der Waals surface area contributed by atoms with Crippen molar-refractivity contribution >= 4 is 27.9 Å². The zero-order chi connectivity index (χ0) is 6.12. The lowest BCUT2D eigenvalue weighted by Crippen LogP contribution is -1.63. The third-order valence-electron chi connectivity index (χ3n) is 0.707. The first-order valence-electron chi connectivity index (χ1n) is 2.68. The molecule has 0 unspecified atom stereocenters. The number of hydrogen-bond acceptors (Lipinski definition) is 0. The predicted octanol–water partition coefficient (Wildman–Crippen LogP) is 1.85. The molecule has 0 rings (SSSR count). The van der Waals surface area contributed by atoms with Gasteiger partial charge in [0.2, 0.25) is 16.3 Å². The Labute approximate surface area is 59.7 Å². The Hall–Kier alpha value is 0.822. The topological polar surface area (TPSA) is 0 Å². The smallest absolute Gasteiger partial charge is 0.125 e. The van der Waals surface area contributed by atoms with Crippen LogP contribution in [0.5, 0.6) is 0 Å². The first-order valence-corrected chi connectivity index (χ1v) is 4.63. The molecule has 0 aromatic rings. The maximum Gasteiger partial charge on any atom is 0.211 e. The maximum absolute atomic E-state index is 4.39. The molecule has 43 valence electrons. The number of rotatable bonds is 2. The molecule has 0 aromatic carbocycles. The van der Waals surface area contributed by atoms with Gasteiger partial charge in [-0.15, -0.1) is 16.9 Å². The number of unbranched alkanes of at least 4 members (excludes halogenated alkanes) is 1. The first kappa shape index (κ1) is 10.7. The summed E-state index contributed by atoms with van der Waals surface area (Å²) < 4.78 is 0. The summed E-state index contributed by atoms with van der Waals surface area (Å²) in [6, 6.07) is 0. The highest BCUT2D eigenvalue weighted by molar-refractivity contribution is 6.19. The van der Waals surface area contributed by atoms with Crippen LogP contribution in [0, 0.1) is 6.38 Å². The van der Waals surface area contributed by atoms with E-state index in [1.54, 1.807) is 0 Å². The van der Waals surface area contributed by atoms with Crippen molar-refractivity contribution in [1.29, 1.82) is 0 Å². The summed E-state index contributed by atoms with van der Waals surface area (Å²) in [5.41, 5.74) is 0. The second-order valence-electron chi connectivity index (χ2n) is 1.35. The molecule has 0 saturated heterocycles. The average Bonchev–Trinajstić information content (AvgIpc) is 1.75. The maximum atomic E-state index is 4.39. The molecule has 2 heteroatoms. The van der Waals surface area contributed by atoms with Crippen molar-refractivity contribution in [3.05, 3.63) is 6.38 Å². The Bertz CT molecular complexity index is 15.6. The summed E-state index contributed by atoms with van der Waals surface area (Å²) in [6.45, 7) is 2.23. The molecule has 0 aliphatic heterocycles. The van der Waals surface area contributed by atoms with Gasteiger partial charge in [-0.25, -0.2) is 0 Å². The van der Waals surface area contributed by atoms with E-state index in [4.69, 9.17) is 0 Å². The van der Waals surface area contributed by atoms with Crippen LogP contribution in [-0.2, 0) is 0 Å². The van der Waals surface area contributed by atoms with Crippen LogP contribution in [0.3, 0.4) is 0 Å². The Morgan fingerprint density at radius 2 is 2.00 bits per heavy atom. The molecule has 0 aliphatic carbocycles. The van der Waals surface area contributed by atoms with Crippen molar-refractivity contribution in [1.82, 2.24) is 0 Å². The lowest BCUT2D eigenvalue weighted by molar-refractivity contribution is 0.884. The van der Waals surface area contributed by atoms with Crippen LogP contribution < -0.4 is 0 Å². The van der Waals surface area contributed by atoms with Crippen LogP contribution in [0.1, 0.15) is 19.8 Å². The van der Waals surface area contributed by atoms with Crippen LogP contribution in [0.2, 0.25) is 5.28 Å². The monoisotopic (exact) mass is 135 g/mol. The molecule has 0 spiro atoms. The van der Waals surface area contributed by atoms with E-state index < -0.39 is 0 Å². The van der Waals surface area contributed by atoms with Gasteiger partial charge < -0.3 is 0 Å². The van der Waals surface area contributed by atoms with E-state index in [0.29, 0.717) is 0 Å². The average molecular weight is 136 g/mol. The summed E-state index contributed by atoms with van der Waals surface area (Å²) >= 11 is 5.79. The third-order valence-corrected chi connectivity index (χ3v) is 1.41. The highest BCUT2D eigenvalue weighted by atomic mass is 35.5. The standard InChI is InChI=1S/C4H9.CH2Cl.Al.2H/c1-3-4-2;1-2;;;/h1,3-4H2,2H3;1H2;;;. The quantitative estimate of drug-likeness (QED) is 0.507. The molecule has 0 N–H and O–H groups in total. The Balaban J connectivity index is 0. The van der Waals surface area contributed by atoms with Gasteiger partial charge in [0, 0.05) is 6.38 Å². The fraction of sp³-hybridized carbons (Fsp3) is 0.800. The van der Waals surface area contributed by atoms with E-state index in [9.17, 15) is 0 Å². The van der Waals surface area contributed by atoms with Crippen LogP contribution >= 0.6 is 11.6 Å². The molecule has 0 nitrogen and oxygen atoms in total. The highest BCUT2D eigenvalue weighted by Crippen LogP contribution is 1.86. The zero-order valence-corrected chi connectivity index (χ0v) is 7.96. The fourth-order valence-electron chi connectivity index (χ4n) is 0.354. The van der Waals surface area contributed by atoms with E-state index in [-0.39, 0.29) is 0 Å². The van der Waals surface area contributed by atoms with Crippen LogP contribution in [0.15, 0.2) is 0 Å². The van der Waals surface area contributed by atoms with Crippen molar-refractivity contribution in [3.8, 4) is 0 Å². The minimum atomic E-state index is 1.38. The molecular weight excluding hydrogens is 122 g/mol. The van der Waals surface area contributed by atoms with Gasteiger partial charge in [-0.2, -0.15) is 0 Å². The van der Waals surface area contributed by atoms with Crippen molar-refractivity contribution < 1.29 is 0 Å². The zero-order valence-electron chi connectivity index (χ0n) is 5.21. The van der Waals surface area contributed by atoms with Crippen molar-refractivity contribution in [2.24, 2.45) is 0 Å². The van der Waals surface area contributed by atoms with E-state index >= 15 is 0 Å². The summed E-state index contributed by atoms with van der Waals surface area (Å²) in [5, 5.41) is 1.48. The SMILES string of the molecule is CCC[CH2][AlH2].[CH2]Cl. The summed E-state index contributed by atoms with van der Waals surface area (Å²) in [4.78, 5) is 0. The second-order valence-corrected chi connectivity index (χ2v) is 2.35. The molecule has 0 fully saturated rings. The number of hydrogen-bond donors (Lipinski definition) is 0. The van der Waals surface area contributed by atoms with Gasteiger partial charge in [0.25, 0.3) is 0 Å². The first-order chi connectivity index (χ1) is 3.41. The lowest BCUT2D eigenvalue weighted by atomic mass is 10.4. The summed E-state index contributed by atoms with van der Waals surface area (Å²) in [6.07, 6.45) is 5.55. The van der Waals surface area contributed by atoms with E-state index in [2.05, 4.69) is 24.9 Å². The van der Waals surface area contributed by atoms with Gasteiger partial charge in [-0.3, -0.25) is 0 Å². The molecule has 0 saturated carbocycles. The highest BCUT2D eigenvalue weighted by Gasteiger charge is 1.69. The minimum absolute atomic E-state index is 1.38. The molecule has 0 heterocycles. The third kappa shape index (κ3) is 19.9. The largest absolute Gasteiger partial charge is 0.211 e. The molecule has 7 heavy (non-hydrogen) atoms. The van der Waals surface area contributed by atoms with Crippen LogP contribution in [-0.4, -0.2) is 16.3 Å². The molecule has 0 bridgehead atoms. The van der Waals surface area contributed by atoms with E-state index in [0.717, 1.165) is 0 Å². The molecule has 0 amide bonds. The van der Waals surface area contributed by atoms with Gasteiger partial charge in [-0.1, -0.05) is 19.8 Å². The van der Waals surface area contributed by atoms with Gasteiger partial charge in [0.15, 0.2) is 0 Å². The lowest BCUT2D eigenvalue weighted by Gasteiger charge is -1.78. The molecule has 0 atom stereocenters. The van der Waals surface area contributed by atoms with Gasteiger partial charge in [0.1, 0.15) is 0 Å². The fourth-order valence-corrected chi connectivity index (χ4v) is 1.06. The van der Waals surface area contributed by atoms with Crippen molar-refractivity contribution in [2.75, 3.05) is 0 Å². The van der Waals surface area contributed by atoms with Crippen molar-refractivity contribution in [3.63, 3.8) is 0 Å². The predicted molar refractivity (Wildman–Crippen MR) is 39.5 cm³/mol. The molecule has 0 aliphatic rings. The van der Waals surface area contributed by atoms with Crippen LogP contribution in [0.25, 0.3) is 0 Å². The summed E-state index contributed by atoms with van der Waals surface area (Å²) in [7, 11) is 0. The summed E-state index contributed by atoms with van der Waals surface area (Å²) in [5.74, 6) is 0. The molecule has 1 radical (unpaired) electrons. The Morgan fingerprint density at radius 1 is 1.57 bits per heavy atom. The molecule has 0 aromatic heterocycles. The van der Waals surface area contributed by atoms with E-state index in [1.807, 2.05) is 0 Å². The second kappa shape index (κ2) is 15.8. The normalized spacial score (nSPS) is 6.71. The minimum Gasteiger partial charge on any atom is -0.125 e. The van der Waals surface area contributed by atoms with Crippen LogP contribution in [0.4, 0.5) is 0 Å². The Morgan fingerprint density at radius 3 is 2.00 bits per heavy atom. The van der Waals surface area contributed by atoms with Gasteiger partial charge in [-0.05, 0) is 0 Å². The molecular formula is C5H13AlCl. The van der Waals surface area contributed by atoms with Crippen molar-refractivity contribution in [2.45, 2.75) is 25.0 Å². The Kier molecular flexibility index (Phi) is 24.3. The van der Waals surface area contributed by atoms with Gasteiger partial charge >= 0.3 is 0 Å². The van der Waals surface area contributed by atoms with Gasteiger partial charge in [0.05, 0.1) is 0 Å².